The molecule has 0 atom stereocenters. The lowest BCUT2D eigenvalue weighted by molar-refractivity contribution is -0.123. The number of carbonyl (C=O) groups excluding carboxylic acids is 2. The van der Waals surface area contributed by atoms with E-state index >= 15 is 0 Å². The molecule has 0 saturated carbocycles. The van der Waals surface area contributed by atoms with Gasteiger partial charge in [0.1, 0.15) is 5.75 Å². The zero-order valence-corrected chi connectivity index (χ0v) is 24.7. The molecule has 4 aromatic rings. The van der Waals surface area contributed by atoms with E-state index in [1.54, 1.807) is 18.2 Å². The third-order valence-electron chi connectivity index (χ3n) is 7.65. The lowest BCUT2D eigenvalue weighted by Crippen LogP contribution is -2.40. The van der Waals surface area contributed by atoms with Gasteiger partial charge in [-0.1, -0.05) is 54.6 Å². The highest BCUT2D eigenvalue weighted by Crippen LogP contribution is 2.34. The van der Waals surface area contributed by atoms with Crippen LogP contribution in [0.15, 0.2) is 71.6 Å². The normalized spacial score (nSPS) is 18.5. The number of carbonyl (C=O) groups is 2. The van der Waals surface area contributed by atoms with Gasteiger partial charge in [0.2, 0.25) is 11.9 Å². The summed E-state index contributed by atoms with van der Waals surface area (Å²) in [5.74, 6) is 1.34. The fourth-order valence-electron chi connectivity index (χ4n) is 5.32. The molecule has 4 heterocycles. The van der Waals surface area contributed by atoms with Crippen LogP contribution in [0.25, 0.3) is 16.8 Å². The first kappa shape index (κ1) is 28.3. The Bertz CT molecular complexity index is 1680. The maximum atomic E-state index is 13.2. The minimum Gasteiger partial charge on any atom is -0.424 e. The molecule has 3 fully saturated rings. The number of hydrogen-bond donors (Lipinski definition) is 0. The number of anilines is 2. The molecule has 224 valence electrons. The molecule has 3 aliphatic rings. The molecule has 3 aromatic carbocycles. The van der Waals surface area contributed by atoms with Crippen molar-refractivity contribution in [2.45, 2.75) is 6.54 Å². The Morgan fingerprint density at radius 2 is 1.41 bits per heavy atom. The van der Waals surface area contributed by atoms with Gasteiger partial charge in [0.05, 0.1) is 37.9 Å². The second-order valence-electron chi connectivity index (χ2n) is 10.5. The first-order chi connectivity index (χ1) is 21.6. The van der Waals surface area contributed by atoms with E-state index < -0.39 is 0 Å². The van der Waals surface area contributed by atoms with Crippen LogP contribution in [0.2, 0.25) is 0 Å². The van der Waals surface area contributed by atoms with Crippen molar-refractivity contribution in [2.24, 2.45) is 0 Å². The van der Waals surface area contributed by atoms with Crippen molar-refractivity contribution in [3.63, 3.8) is 0 Å². The first-order valence-corrected chi connectivity index (χ1v) is 15.3. The maximum absolute atomic E-state index is 13.2. The third kappa shape index (κ3) is 6.09. The highest BCUT2D eigenvalue weighted by Gasteiger charge is 2.35. The fourth-order valence-corrected chi connectivity index (χ4v) is 6.15. The number of aromatic nitrogens is 3. The second-order valence-corrected chi connectivity index (χ2v) is 11.5. The summed E-state index contributed by atoms with van der Waals surface area (Å²) in [5.41, 5.74) is 1.70. The summed E-state index contributed by atoms with van der Waals surface area (Å²) in [7, 11) is 0. The van der Waals surface area contributed by atoms with E-state index in [1.807, 2.05) is 54.6 Å². The molecule has 0 radical (unpaired) electrons. The van der Waals surface area contributed by atoms with Gasteiger partial charge >= 0.3 is 6.01 Å². The quantitative estimate of drug-likeness (QED) is 0.271. The van der Waals surface area contributed by atoms with Gasteiger partial charge in [-0.3, -0.25) is 14.5 Å². The molecule has 0 spiro atoms. The molecule has 1 aromatic heterocycles. The van der Waals surface area contributed by atoms with Crippen molar-refractivity contribution >= 4 is 51.7 Å². The number of hydrogen-bond acceptors (Lipinski definition) is 11. The van der Waals surface area contributed by atoms with E-state index in [-0.39, 0.29) is 23.7 Å². The summed E-state index contributed by atoms with van der Waals surface area (Å²) in [5, 5.41) is 1.82. The maximum Gasteiger partial charge on any atom is 0.328 e. The number of benzene rings is 3. The van der Waals surface area contributed by atoms with Gasteiger partial charge in [-0.05, 0) is 51.9 Å². The molecule has 0 unspecified atom stereocenters. The summed E-state index contributed by atoms with van der Waals surface area (Å²) in [6, 6.07) is 21.3. The molecule has 0 N–H and O–H groups in total. The van der Waals surface area contributed by atoms with E-state index in [1.165, 1.54) is 4.90 Å². The van der Waals surface area contributed by atoms with E-state index in [4.69, 9.17) is 19.2 Å². The summed E-state index contributed by atoms with van der Waals surface area (Å²) in [6.07, 6.45) is 1.73. The molecule has 0 bridgehead atoms. The fraction of sp³-hybridized carbons (Fsp3) is 0.281. The first-order valence-electron chi connectivity index (χ1n) is 14.5. The second kappa shape index (κ2) is 12.6. The summed E-state index contributed by atoms with van der Waals surface area (Å²) in [6.45, 7) is 5.42. The van der Waals surface area contributed by atoms with Crippen LogP contribution in [0.4, 0.5) is 16.7 Å². The Labute approximate surface area is 258 Å². The van der Waals surface area contributed by atoms with Crippen LogP contribution in [0.5, 0.6) is 11.8 Å². The van der Waals surface area contributed by atoms with Gasteiger partial charge in [-0.25, -0.2) is 0 Å². The van der Waals surface area contributed by atoms with Gasteiger partial charge < -0.3 is 24.0 Å². The minimum absolute atomic E-state index is 0.199. The zero-order valence-electron chi connectivity index (χ0n) is 23.9. The van der Waals surface area contributed by atoms with Crippen LogP contribution in [-0.4, -0.2) is 83.6 Å². The van der Waals surface area contributed by atoms with E-state index in [0.717, 1.165) is 33.7 Å². The minimum atomic E-state index is -0.301. The van der Waals surface area contributed by atoms with E-state index in [0.29, 0.717) is 75.2 Å². The molecule has 3 aliphatic heterocycles. The van der Waals surface area contributed by atoms with Crippen molar-refractivity contribution in [3.05, 3.63) is 82.8 Å². The van der Waals surface area contributed by atoms with Gasteiger partial charge in [-0.15, -0.1) is 0 Å². The van der Waals surface area contributed by atoms with E-state index in [2.05, 4.69) is 19.8 Å². The van der Waals surface area contributed by atoms with Crippen molar-refractivity contribution in [2.75, 3.05) is 62.4 Å². The Balaban J connectivity index is 1.07. The molecule has 12 heteroatoms. The number of amides is 2. The topological polar surface area (TPSA) is 110 Å². The zero-order chi connectivity index (χ0) is 29.9. The van der Waals surface area contributed by atoms with Crippen molar-refractivity contribution < 1.29 is 23.8 Å². The predicted molar refractivity (Wildman–Crippen MR) is 168 cm³/mol. The summed E-state index contributed by atoms with van der Waals surface area (Å²) < 4.78 is 17.1. The Morgan fingerprint density at radius 1 is 0.773 bits per heavy atom. The number of imide groups is 1. The van der Waals surface area contributed by atoms with Crippen LogP contribution in [0.1, 0.15) is 11.1 Å². The Hall–Kier alpha value is -4.52. The van der Waals surface area contributed by atoms with Gasteiger partial charge in [0, 0.05) is 26.2 Å². The van der Waals surface area contributed by atoms with Gasteiger partial charge in [0.15, 0.2) is 0 Å². The predicted octanol–water partition coefficient (Wildman–Crippen LogP) is 4.73. The number of morpholine rings is 2. The SMILES string of the molecule is O=C1S/C(=C\c2ccc(Oc3nc(N4CCOCC4)nc(N4CCOCC4)n3)cc2)C(=O)N1Cc1cccc2ccccc12. The molecule has 44 heavy (non-hydrogen) atoms. The van der Waals surface area contributed by atoms with Crippen LogP contribution >= 0.6 is 11.8 Å². The molecular formula is C32H30N6O5S. The lowest BCUT2D eigenvalue weighted by atomic mass is 10.0. The Morgan fingerprint density at radius 3 is 2.09 bits per heavy atom. The van der Waals surface area contributed by atoms with E-state index in [9.17, 15) is 9.59 Å². The average Bonchev–Trinajstić information content (AvgIpc) is 3.33. The lowest BCUT2D eigenvalue weighted by Gasteiger charge is -2.30. The smallest absolute Gasteiger partial charge is 0.328 e. The molecule has 3 saturated heterocycles. The third-order valence-corrected chi connectivity index (χ3v) is 8.56. The highest BCUT2D eigenvalue weighted by atomic mass is 32.2. The number of nitrogens with zero attached hydrogens (tertiary/aromatic N) is 6. The van der Waals surface area contributed by atoms with Gasteiger partial charge in [0.25, 0.3) is 11.1 Å². The molecule has 0 aliphatic carbocycles. The number of fused-ring (bicyclic) bond motifs is 1. The average molecular weight is 611 g/mol. The van der Waals surface area contributed by atoms with Gasteiger partial charge in [-0.2, -0.15) is 15.0 Å². The molecular weight excluding hydrogens is 580 g/mol. The number of ether oxygens (including phenoxy) is 3. The van der Waals surface area contributed by atoms with Crippen molar-refractivity contribution in [1.29, 1.82) is 0 Å². The molecule has 11 nitrogen and oxygen atoms in total. The summed E-state index contributed by atoms with van der Waals surface area (Å²) >= 11 is 0.952. The Kier molecular flexibility index (Phi) is 8.10. The summed E-state index contributed by atoms with van der Waals surface area (Å²) in [4.78, 5) is 45.8. The molecule has 7 rings (SSSR count). The van der Waals surface area contributed by atoms with Crippen molar-refractivity contribution in [3.8, 4) is 11.8 Å². The van der Waals surface area contributed by atoms with Crippen LogP contribution < -0.4 is 14.5 Å². The van der Waals surface area contributed by atoms with Crippen molar-refractivity contribution in [1.82, 2.24) is 19.9 Å². The number of thioether (sulfide) groups is 1. The van der Waals surface area contributed by atoms with Crippen LogP contribution in [-0.2, 0) is 20.8 Å². The van der Waals surface area contributed by atoms with Crippen LogP contribution in [0.3, 0.4) is 0 Å². The monoisotopic (exact) mass is 610 g/mol. The largest absolute Gasteiger partial charge is 0.424 e. The van der Waals surface area contributed by atoms with Crippen LogP contribution in [0, 0.1) is 0 Å². The number of rotatable bonds is 7. The standard InChI is InChI=1S/C32H30N6O5S/c39-28-27(44-32(40)38(28)21-24-6-3-5-23-4-1-2-7-26(23)24)20-22-8-10-25(11-9-22)43-31-34-29(36-12-16-41-17-13-36)33-30(35-31)37-14-18-42-19-15-37/h1-11,20H,12-19,21H2/b27-20-. The molecule has 2 amide bonds. The highest BCUT2D eigenvalue weighted by molar-refractivity contribution is 8.18.